The van der Waals surface area contributed by atoms with Crippen LogP contribution in [0.2, 0.25) is 0 Å². The summed E-state index contributed by atoms with van der Waals surface area (Å²) in [7, 11) is 0. The molecule has 1 N–H and O–H groups in total. The van der Waals surface area contributed by atoms with Crippen molar-refractivity contribution in [1.82, 2.24) is 25.2 Å². The first-order valence-corrected chi connectivity index (χ1v) is 10.8. The Kier molecular flexibility index (Phi) is 6.06. The third-order valence-electron chi connectivity index (χ3n) is 5.94. The molecule has 2 aromatic rings. The molecule has 0 unspecified atom stereocenters. The molecule has 0 radical (unpaired) electrons. The summed E-state index contributed by atoms with van der Waals surface area (Å²) in [4.78, 5) is 40.5. The number of pyridine rings is 1. The highest BCUT2D eigenvalue weighted by Gasteiger charge is 2.28. The molecule has 3 heterocycles. The van der Waals surface area contributed by atoms with Gasteiger partial charge in [-0.1, -0.05) is 6.07 Å². The quantitative estimate of drug-likeness (QED) is 0.794. The number of amides is 2. The maximum Gasteiger partial charge on any atom is 0.227 e. The molecule has 30 heavy (non-hydrogen) atoms. The molecule has 1 saturated heterocycles. The molecule has 0 aromatic carbocycles. The van der Waals surface area contributed by atoms with Crippen molar-refractivity contribution in [2.24, 2.45) is 0 Å². The molecule has 7 heteroatoms. The topological polar surface area (TPSA) is 88.1 Å². The zero-order valence-corrected chi connectivity index (χ0v) is 17.7. The van der Waals surface area contributed by atoms with Gasteiger partial charge in [-0.15, -0.1) is 0 Å². The summed E-state index contributed by atoms with van der Waals surface area (Å²) < 4.78 is 0. The average Bonchev–Trinajstić information content (AvgIpc) is 3.55. The molecule has 7 nitrogen and oxygen atoms in total. The number of likely N-dealkylation sites (tertiary alicyclic amines) is 1. The molecule has 0 spiro atoms. The highest BCUT2D eigenvalue weighted by atomic mass is 16.2. The van der Waals surface area contributed by atoms with Crippen LogP contribution in [0.5, 0.6) is 0 Å². The van der Waals surface area contributed by atoms with Crippen molar-refractivity contribution < 1.29 is 9.59 Å². The number of carbonyl (C=O) groups excluding carboxylic acids is 2. The van der Waals surface area contributed by atoms with Crippen molar-refractivity contribution in [3.63, 3.8) is 0 Å². The van der Waals surface area contributed by atoms with E-state index in [9.17, 15) is 9.59 Å². The van der Waals surface area contributed by atoms with Gasteiger partial charge in [0.1, 0.15) is 5.82 Å². The van der Waals surface area contributed by atoms with E-state index in [1.807, 2.05) is 30.9 Å². The van der Waals surface area contributed by atoms with Gasteiger partial charge in [0.15, 0.2) is 0 Å². The Morgan fingerprint density at radius 3 is 2.57 bits per heavy atom. The normalized spacial score (nSPS) is 18.9. The standard InChI is InChI=1S/C23H29N5O2/c1-15-20(12-21(29)27-19-7-8-19)16(2)26-23(25-15)18-6-4-10-28(14-18)22(30)11-17-5-3-9-24-13-17/h3,5,9,13,18-19H,4,6-8,10-12,14H2,1-2H3,(H,27,29)/t18-/m0/s1. The van der Waals surface area contributed by atoms with Crippen molar-refractivity contribution >= 4 is 11.8 Å². The molecule has 158 valence electrons. The second-order valence-corrected chi connectivity index (χ2v) is 8.47. The van der Waals surface area contributed by atoms with Crippen LogP contribution in [-0.2, 0) is 22.4 Å². The van der Waals surface area contributed by atoms with Crippen molar-refractivity contribution in [2.45, 2.75) is 64.3 Å². The van der Waals surface area contributed by atoms with Crippen LogP contribution in [-0.4, -0.2) is 50.8 Å². The molecule has 0 bridgehead atoms. The van der Waals surface area contributed by atoms with E-state index in [4.69, 9.17) is 9.97 Å². The summed E-state index contributed by atoms with van der Waals surface area (Å²) in [6, 6.07) is 4.14. The first-order chi connectivity index (χ1) is 14.5. The Morgan fingerprint density at radius 1 is 1.13 bits per heavy atom. The third kappa shape index (κ3) is 5.01. The van der Waals surface area contributed by atoms with Gasteiger partial charge in [-0.05, 0) is 51.2 Å². The molecule has 2 aliphatic rings. The van der Waals surface area contributed by atoms with Crippen LogP contribution in [0.4, 0.5) is 0 Å². The number of nitrogens with one attached hydrogen (secondary N) is 1. The highest BCUT2D eigenvalue weighted by molar-refractivity contribution is 5.80. The van der Waals surface area contributed by atoms with Crippen LogP contribution in [0.25, 0.3) is 0 Å². The van der Waals surface area contributed by atoms with Gasteiger partial charge in [-0.3, -0.25) is 14.6 Å². The molecule has 4 rings (SSSR count). The number of piperidine rings is 1. The largest absolute Gasteiger partial charge is 0.353 e. The van der Waals surface area contributed by atoms with Gasteiger partial charge in [0.25, 0.3) is 0 Å². The Hall–Kier alpha value is -2.83. The Labute approximate surface area is 177 Å². The number of nitrogens with zero attached hydrogens (tertiary/aromatic N) is 4. The van der Waals surface area contributed by atoms with Crippen molar-refractivity contribution in [3.8, 4) is 0 Å². The van der Waals surface area contributed by atoms with Gasteiger partial charge in [-0.2, -0.15) is 0 Å². The van der Waals surface area contributed by atoms with Crippen molar-refractivity contribution in [3.05, 3.63) is 52.9 Å². The maximum absolute atomic E-state index is 12.8. The minimum absolute atomic E-state index is 0.0462. The molecule has 1 atom stereocenters. The molecule has 2 aromatic heterocycles. The van der Waals surface area contributed by atoms with Crippen LogP contribution in [0.15, 0.2) is 24.5 Å². The van der Waals surface area contributed by atoms with E-state index in [-0.39, 0.29) is 17.7 Å². The number of hydrogen-bond acceptors (Lipinski definition) is 5. The van der Waals surface area contributed by atoms with Gasteiger partial charge in [-0.25, -0.2) is 9.97 Å². The molecular weight excluding hydrogens is 378 g/mol. The van der Waals surface area contributed by atoms with Crippen LogP contribution in [0.1, 0.15) is 59.9 Å². The van der Waals surface area contributed by atoms with Crippen LogP contribution < -0.4 is 5.32 Å². The summed E-state index contributed by atoms with van der Waals surface area (Å²) in [6.45, 7) is 5.31. The smallest absolute Gasteiger partial charge is 0.227 e. The van der Waals surface area contributed by atoms with E-state index in [0.29, 0.717) is 25.4 Å². The molecule has 2 fully saturated rings. The molecule has 1 aliphatic carbocycles. The fourth-order valence-electron chi connectivity index (χ4n) is 4.07. The second kappa shape index (κ2) is 8.90. The maximum atomic E-state index is 12.8. The summed E-state index contributed by atoms with van der Waals surface area (Å²) >= 11 is 0. The average molecular weight is 408 g/mol. The SMILES string of the molecule is Cc1nc([C@H]2CCCN(C(=O)Cc3cccnc3)C2)nc(C)c1CC(=O)NC1CC1. The minimum Gasteiger partial charge on any atom is -0.353 e. The second-order valence-electron chi connectivity index (χ2n) is 8.47. The number of hydrogen-bond donors (Lipinski definition) is 1. The molecular formula is C23H29N5O2. The van der Waals surface area contributed by atoms with E-state index in [1.54, 1.807) is 12.4 Å². The fourth-order valence-corrected chi connectivity index (χ4v) is 4.07. The minimum atomic E-state index is 0.0462. The van der Waals surface area contributed by atoms with E-state index in [1.165, 1.54) is 0 Å². The van der Waals surface area contributed by atoms with Crippen LogP contribution in [0.3, 0.4) is 0 Å². The van der Waals surface area contributed by atoms with E-state index in [0.717, 1.165) is 60.6 Å². The predicted octanol–water partition coefficient (Wildman–Crippen LogP) is 2.26. The zero-order chi connectivity index (χ0) is 21.1. The van der Waals surface area contributed by atoms with E-state index >= 15 is 0 Å². The lowest BCUT2D eigenvalue weighted by atomic mass is 9.95. The lowest BCUT2D eigenvalue weighted by Crippen LogP contribution is -2.40. The molecule has 1 saturated carbocycles. The Bertz CT molecular complexity index is 903. The van der Waals surface area contributed by atoms with Gasteiger partial charge >= 0.3 is 0 Å². The first kappa shape index (κ1) is 20.4. The molecule has 1 aliphatic heterocycles. The van der Waals surface area contributed by atoms with Crippen LogP contribution in [0, 0.1) is 13.8 Å². The molecule has 2 amide bonds. The zero-order valence-electron chi connectivity index (χ0n) is 17.7. The summed E-state index contributed by atoms with van der Waals surface area (Å²) in [5.41, 5.74) is 3.57. The number of aryl methyl sites for hydroxylation is 2. The number of rotatable bonds is 6. The predicted molar refractivity (Wildman–Crippen MR) is 113 cm³/mol. The van der Waals surface area contributed by atoms with Gasteiger partial charge in [0.05, 0.1) is 12.8 Å². The lowest BCUT2D eigenvalue weighted by Gasteiger charge is -2.32. The van der Waals surface area contributed by atoms with Gasteiger partial charge in [0.2, 0.25) is 11.8 Å². The van der Waals surface area contributed by atoms with Crippen LogP contribution >= 0.6 is 0 Å². The fraction of sp³-hybridized carbons (Fsp3) is 0.522. The van der Waals surface area contributed by atoms with E-state index in [2.05, 4.69) is 10.3 Å². The Balaban J connectivity index is 1.42. The van der Waals surface area contributed by atoms with Crippen molar-refractivity contribution in [2.75, 3.05) is 13.1 Å². The Morgan fingerprint density at radius 2 is 1.90 bits per heavy atom. The number of carbonyl (C=O) groups is 2. The monoisotopic (exact) mass is 407 g/mol. The van der Waals surface area contributed by atoms with E-state index < -0.39 is 0 Å². The number of aromatic nitrogens is 3. The highest BCUT2D eigenvalue weighted by Crippen LogP contribution is 2.27. The summed E-state index contributed by atoms with van der Waals surface area (Å²) in [5.74, 6) is 1.08. The summed E-state index contributed by atoms with van der Waals surface area (Å²) in [6.07, 6.45) is 8.23. The van der Waals surface area contributed by atoms with Crippen molar-refractivity contribution in [1.29, 1.82) is 0 Å². The summed E-state index contributed by atoms with van der Waals surface area (Å²) in [5, 5.41) is 3.03. The van der Waals surface area contributed by atoms with Gasteiger partial charge in [0, 0.05) is 54.4 Å². The first-order valence-electron chi connectivity index (χ1n) is 10.8. The van der Waals surface area contributed by atoms with Gasteiger partial charge < -0.3 is 10.2 Å². The lowest BCUT2D eigenvalue weighted by molar-refractivity contribution is -0.131. The third-order valence-corrected chi connectivity index (χ3v) is 5.94.